The summed E-state index contributed by atoms with van der Waals surface area (Å²) < 4.78 is 18.5. The van der Waals surface area contributed by atoms with Gasteiger partial charge in [0.15, 0.2) is 11.4 Å². The van der Waals surface area contributed by atoms with Gasteiger partial charge in [-0.05, 0) is 54.7 Å². The molecule has 0 bridgehead atoms. The van der Waals surface area contributed by atoms with Gasteiger partial charge in [0, 0.05) is 13.1 Å². The molecule has 2 aliphatic heterocycles. The number of amides is 1. The van der Waals surface area contributed by atoms with E-state index in [-0.39, 0.29) is 24.7 Å². The first kappa shape index (κ1) is 29.5. The van der Waals surface area contributed by atoms with E-state index < -0.39 is 12.0 Å². The monoisotopic (exact) mass is 589 g/mol. The van der Waals surface area contributed by atoms with E-state index in [0.29, 0.717) is 58.6 Å². The van der Waals surface area contributed by atoms with E-state index in [9.17, 15) is 14.4 Å². The second-order valence-corrected chi connectivity index (χ2v) is 11.5. The van der Waals surface area contributed by atoms with Crippen molar-refractivity contribution in [1.82, 2.24) is 9.47 Å². The van der Waals surface area contributed by atoms with E-state index in [2.05, 4.69) is 18.8 Å². The summed E-state index contributed by atoms with van der Waals surface area (Å²) in [4.78, 5) is 46.4. The molecule has 1 unspecified atom stereocenters. The van der Waals surface area contributed by atoms with Crippen LogP contribution < -0.4 is 19.6 Å². The molecule has 0 aliphatic carbocycles. The van der Waals surface area contributed by atoms with Gasteiger partial charge >= 0.3 is 5.97 Å². The Kier molecular flexibility index (Phi) is 9.03. The van der Waals surface area contributed by atoms with Crippen molar-refractivity contribution < 1.29 is 23.8 Å². The molecule has 1 amide bonds. The van der Waals surface area contributed by atoms with Crippen LogP contribution >= 0.6 is 11.3 Å². The number of benzene rings is 2. The molecule has 0 radical (unpaired) electrons. The Hall–Kier alpha value is -4.02. The normalized spacial score (nSPS) is 17.2. The number of morpholine rings is 1. The lowest BCUT2D eigenvalue weighted by Crippen LogP contribution is -2.42. The topological polar surface area (TPSA) is 99.4 Å². The fourth-order valence-corrected chi connectivity index (χ4v) is 6.11. The van der Waals surface area contributed by atoms with Crippen LogP contribution in [-0.2, 0) is 19.1 Å². The first-order valence-corrected chi connectivity index (χ1v) is 15.0. The van der Waals surface area contributed by atoms with Crippen molar-refractivity contribution in [3.63, 3.8) is 0 Å². The molecule has 2 aliphatic rings. The van der Waals surface area contributed by atoms with E-state index in [1.807, 2.05) is 36.4 Å². The molecule has 1 aromatic heterocycles. The third-order valence-corrected chi connectivity index (χ3v) is 8.30. The molecule has 5 rings (SSSR count). The number of nitrogens with zero attached hydrogens (tertiary/aromatic N) is 3. The van der Waals surface area contributed by atoms with Crippen molar-refractivity contribution in [2.75, 3.05) is 39.5 Å². The van der Waals surface area contributed by atoms with Gasteiger partial charge in [0.1, 0.15) is 5.75 Å². The third kappa shape index (κ3) is 6.24. The van der Waals surface area contributed by atoms with Crippen LogP contribution in [0.1, 0.15) is 56.3 Å². The van der Waals surface area contributed by atoms with Crippen LogP contribution in [0.4, 0.5) is 0 Å². The van der Waals surface area contributed by atoms with Gasteiger partial charge < -0.3 is 19.1 Å². The summed E-state index contributed by atoms with van der Waals surface area (Å²) >= 11 is 1.27. The molecular formula is C32H35N3O6S. The Labute approximate surface area is 248 Å². The molecule has 9 nitrogen and oxygen atoms in total. The van der Waals surface area contributed by atoms with E-state index in [1.54, 1.807) is 41.5 Å². The molecule has 2 aromatic carbocycles. The summed E-state index contributed by atoms with van der Waals surface area (Å²) in [6.45, 7) is 10.1. The van der Waals surface area contributed by atoms with Gasteiger partial charge in [-0.1, -0.05) is 61.6 Å². The SMILES string of the molecule is CCOC(=O)C1=C(C)N=c2sc(=Cc3cccc(OCC(=O)N4CCOCC4)c3)c(=O)n2C1c1ccc(C(C)C)cc1. The molecule has 0 spiro atoms. The van der Waals surface area contributed by atoms with Crippen LogP contribution in [0.5, 0.6) is 5.75 Å². The highest BCUT2D eigenvalue weighted by molar-refractivity contribution is 7.07. The van der Waals surface area contributed by atoms with Crippen molar-refractivity contribution in [2.45, 2.75) is 39.7 Å². The Morgan fingerprint density at radius 1 is 1.14 bits per heavy atom. The number of hydrogen-bond donors (Lipinski definition) is 0. The number of rotatable bonds is 8. The number of carbonyl (C=O) groups is 2. The minimum atomic E-state index is -0.662. The van der Waals surface area contributed by atoms with Crippen LogP contribution in [0.2, 0.25) is 0 Å². The highest BCUT2D eigenvalue weighted by atomic mass is 32.1. The van der Waals surface area contributed by atoms with Crippen molar-refractivity contribution >= 4 is 29.3 Å². The molecule has 220 valence electrons. The number of allylic oxidation sites excluding steroid dienone is 1. The third-order valence-electron chi connectivity index (χ3n) is 7.32. The van der Waals surface area contributed by atoms with Gasteiger partial charge in [-0.2, -0.15) is 0 Å². The number of carbonyl (C=O) groups excluding carboxylic acids is 2. The van der Waals surface area contributed by atoms with Gasteiger partial charge in [0.2, 0.25) is 0 Å². The lowest BCUT2D eigenvalue weighted by Gasteiger charge is -2.26. The summed E-state index contributed by atoms with van der Waals surface area (Å²) in [5.74, 6) is 0.301. The minimum absolute atomic E-state index is 0.0723. The molecule has 1 atom stereocenters. The zero-order valence-corrected chi connectivity index (χ0v) is 25.1. The zero-order chi connectivity index (χ0) is 29.8. The maximum Gasteiger partial charge on any atom is 0.338 e. The molecule has 1 fully saturated rings. The predicted molar refractivity (Wildman–Crippen MR) is 160 cm³/mol. The largest absolute Gasteiger partial charge is 0.484 e. The second kappa shape index (κ2) is 12.9. The summed E-state index contributed by atoms with van der Waals surface area (Å²) in [6.07, 6.45) is 1.78. The highest BCUT2D eigenvalue weighted by Crippen LogP contribution is 2.31. The number of esters is 1. The van der Waals surface area contributed by atoms with Gasteiger partial charge in [-0.25, -0.2) is 9.79 Å². The van der Waals surface area contributed by atoms with Gasteiger partial charge in [-0.15, -0.1) is 0 Å². The lowest BCUT2D eigenvalue weighted by molar-refractivity contribution is -0.139. The quantitative estimate of drug-likeness (QED) is 0.375. The molecule has 1 saturated heterocycles. The molecular weight excluding hydrogens is 554 g/mol. The van der Waals surface area contributed by atoms with Crippen molar-refractivity contribution in [2.24, 2.45) is 4.99 Å². The van der Waals surface area contributed by atoms with Crippen LogP contribution in [0, 0.1) is 0 Å². The van der Waals surface area contributed by atoms with Gasteiger partial charge in [-0.3, -0.25) is 14.2 Å². The standard InChI is InChI=1S/C32H35N3O6S/c1-5-40-31(38)28-21(4)33-32-35(29(28)24-11-9-23(10-12-24)20(2)3)30(37)26(42-32)18-22-7-6-8-25(17-22)41-19-27(36)34-13-15-39-16-14-34/h6-12,17-18,20,29H,5,13-16,19H2,1-4H3. The number of hydrogen-bond acceptors (Lipinski definition) is 8. The van der Waals surface area contributed by atoms with Crippen molar-refractivity contribution in [3.8, 4) is 5.75 Å². The maximum absolute atomic E-state index is 13.9. The Bertz CT molecular complexity index is 1680. The van der Waals surface area contributed by atoms with Crippen molar-refractivity contribution in [1.29, 1.82) is 0 Å². The van der Waals surface area contributed by atoms with Crippen molar-refractivity contribution in [3.05, 3.63) is 96.2 Å². The first-order valence-electron chi connectivity index (χ1n) is 14.1. The summed E-state index contributed by atoms with van der Waals surface area (Å²) in [7, 11) is 0. The van der Waals surface area contributed by atoms with E-state index >= 15 is 0 Å². The first-order chi connectivity index (χ1) is 20.3. The number of aromatic nitrogens is 1. The summed E-state index contributed by atoms with van der Waals surface area (Å²) in [6, 6.07) is 14.6. The number of fused-ring (bicyclic) bond motifs is 1. The Morgan fingerprint density at radius 2 is 1.88 bits per heavy atom. The average Bonchev–Trinajstić information content (AvgIpc) is 3.29. The van der Waals surface area contributed by atoms with E-state index in [4.69, 9.17) is 14.2 Å². The molecule has 0 saturated carbocycles. The highest BCUT2D eigenvalue weighted by Gasteiger charge is 2.33. The summed E-state index contributed by atoms with van der Waals surface area (Å²) in [5, 5.41) is 0. The number of thiazole rings is 1. The van der Waals surface area contributed by atoms with Crippen LogP contribution in [0.25, 0.3) is 6.08 Å². The summed E-state index contributed by atoms with van der Waals surface area (Å²) in [5.41, 5.74) is 3.35. The van der Waals surface area contributed by atoms with E-state index in [1.165, 1.54) is 16.9 Å². The fraction of sp³-hybridized carbons (Fsp3) is 0.375. The molecule has 42 heavy (non-hydrogen) atoms. The second-order valence-electron chi connectivity index (χ2n) is 10.5. The van der Waals surface area contributed by atoms with Gasteiger partial charge in [0.25, 0.3) is 11.5 Å². The van der Waals surface area contributed by atoms with Crippen LogP contribution in [0.3, 0.4) is 0 Å². The molecule has 10 heteroatoms. The lowest BCUT2D eigenvalue weighted by atomic mass is 9.93. The minimum Gasteiger partial charge on any atom is -0.484 e. The molecule has 3 heterocycles. The Balaban J connectivity index is 1.49. The van der Waals surface area contributed by atoms with Crippen LogP contribution in [-0.4, -0.2) is 60.9 Å². The smallest absolute Gasteiger partial charge is 0.338 e. The molecule has 0 N–H and O–H groups in total. The molecule has 3 aromatic rings. The van der Waals surface area contributed by atoms with Gasteiger partial charge in [0.05, 0.1) is 41.7 Å². The average molecular weight is 590 g/mol. The van der Waals surface area contributed by atoms with E-state index in [0.717, 1.165) is 11.1 Å². The maximum atomic E-state index is 13.9. The Morgan fingerprint density at radius 3 is 2.57 bits per heavy atom. The fourth-order valence-electron chi connectivity index (χ4n) is 5.06. The predicted octanol–water partition coefficient (Wildman–Crippen LogP) is 3.16. The zero-order valence-electron chi connectivity index (χ0n) is 24.3. The van der Waals surface area contributed by atoms with Crippen LogP contribution in [0.15, 0.2) is 69.6 Å². The number of ether oxygens (including phenoxy) is 3.